The van der Waals surface area contributed by atoms with Crippen LogP contribution in [-0.2, 0) is 10.5 Å². The molecule has 140 valence electrons. The van der Waals surface area contributed by atoms with E-state index < -0.39 is 29.9 Å². The number of thioether (sulfide) groups is 1. The molecule has 0 bridgehead atoms. The number of aliphatic hydroxyl groups is 2. The van der Waals surface area contributed by atoms with Crippen LogP contribution < -0.4 is 9.47 Å². The third-order valence-corrected chi connectivity index (χ3v) is 5.77. The van der Waals surface area contributed by atoms with E-state index in [-0.39, 0.29) is 0 Å². The van der Waals surface area contributed by atoms with Crippen molar-refractivity contribution in [2.45, 2.75) is 42.5 Å². The minimum atomic E-state index is -0.945. The van der Waals surface area contributed by atoms with Gasteiger partial charge in [-0.2, -0.15) is 0 Å². The Balaban J connectivity index is 1.70. The lowest BCUT2D eigenvalue weighted by Crippen LogP contribution is -2.57. The molecule has 6 heteroatoms. The van der Waals surface area contributed by atoms with Crippen molar-refractivity contribution in [1.29, 1.82) is 0 Å². The molecule has 1 fully saturated rings. The Morgan fingerprint density at radius 1 is 0.962 bits per heavy atom. The molecule has 2 N–H and O–H groups in total. The maximum Gasteiger partial charge on any atom is 0.214 e. The van der Waals surface area contributed by atoms with Gasteiger partial charge in [-0.25, -0.2) is 0 Å². The lowest BCUT2D eigenvalue weighted by Gasteiger charge is -2.41. The molecule has 26 heavy (non-hydrogen) atoms. The van der Waals surface area contributed by atoms with Gasteiger partial charge in [0.25, 0.3) is 0 Å². The first-order valence-corrected chi connectivity index (χ1v) is 9.61. The van der Waals surface area contributed by atoms with Crippen LogP contribution in [0.15, 0.2) is 54.6 Å². The van der Waals surface area contributed by atoms with Gasteiger partial charge in [-0.05, 0) is 36.8 Å². The first kappa shape index (κ1) is 19.0. The molecular formula is C20H24O5S. The summed E-state index contributed by atoms with van der Waals surface area (Å²) in [5.74, 6) is 2.13. The number of hydrogen-bond donors (Lipinski definition) is 2. The Morgan fingerprint density at radius 3 is 2.31 bits per heavy atom. The van der Waals surface area contributed by atoms with Crippen LogP contribution in [0.4, 0.5) is 0 Å². The minimum absolute atomic E-state index is 0.413. The average Bonchev–Trinajstić information content (AvgIpc) is 2.67. The predicted molar refractivity (Wildman–Crippen MR) is 101 cm³/mol. The van der Waals surface area contributed by atoms with E-state index in [1.165, 1.54) is 11.8 Å². The maximum atomic E-state index is 10.6. The molecule has 0 spiro atoms. The fourth-order valence-electron chi connectivity index (χ4n) is 2.82. The Hall–Kier alpha value is -1.73. The fourth-order valence-corrected chi connectivity index (χ4v) is 4.03. The van der Waals surface area contributed by atoms with Gasteiger partial charge in [0.1, 0.15) is 23.7 Å². The van der Waals surface area contributed by atoms with Crippen LogP contribution in [0.5, 0.6) is 11.5 Å². The average molecular weight is 376 g/mol. The first-order valence-electron chi connectivity index (χ1n) is 8.56. The lowest BCUT2D eigenvalue weighted by molar-refractivity contribution is -0.211. The number of benzene rings is 2. The van der Waals surface area contributed by atoms with Gasteiger partial charge < -0.3 is 24.4 Å². The highest BCUT2D eigenvalue weighted by molar-refractivity contribution is 7.99. The molecule has 1 saturated heterocycles. The van der Waals surface area contributed by atoms with Gasteiger partial charge in [-0.1, -0.05) is 30.3 Å². The smallest absolute Gasteiger partial charge is 0.214 e. The third kappa shape index (κ3) is 4.51. The zero-order chi connectivity index (χ0) is 18.5. The van der Waals surface area contributed by atoms with Crippen LogP contribution in [0, 0.1) is 0 Å². The molecular weight excluding hydrogens is 352 g/mol. The summed E-state index contributed by atoms with van der Waals surface area (Å²) in [6, 6.07) is 17.1. The van der Waals surface area contributed by atoms with Crippen LogP contribution in [0.1, 0.15) is 12.5 Å². The van der Waals surface area contributed by atoms with Crippen molar-refractivity contribution in [1.82, 2.24) is 0 Å². The SMILES string of the molecule is COc1ccc(CS[C@@H]2[C@@H](Oc3ccccc3)O[C@H](C)[C@H](O)[C@@H]2O)cc1. The number of para-hydroxylation sites is 1. The Labute approximate surface area is 157 Å². The van der Waals surface area contributed by atoms with Gasteiger partial charge in [0, 0.05) is 5.75 Å². The summed E-state index contributed by atoms with van der Waals surface area (Å²) in [4.78, 5) is 0. The van der Waals surface area contributed by atoms with Gasteiger partial charge in [0.05, 0.1) is 18.5 Å². The second-order valence-corrected chi connectivity index (χ2v) is 7.41. The molecule has 2 aromatic rings. The van der Waals surface area contributed by atoms with Crippen molar-refractivity contribution >= 4 is 11.8 Å². The summed E-state index contributed by atoms with van der Waals surface area (Å²) >= 11 is 1.50. The number of rotatable bonds is 6. The standard InChI is InChI=1S/C20H24O5S/c1-13-17(21)18(22)19(20(24-13)25-16-6-4-3-5-7-16)26-12-14-8-10-15(23-2)11-9-14/h3-11,13,17-22H,12H2,1-2H3/t13-,17+,18+,19+,20-/m1/s1. The molecule has 0 unspecified atom stereocenters. The largest absolute Gasteiger partial charge is 0.497 e. The van der Waals surface area contributed by atoms with Crippen molar-refractivity contribution in [2.75, 3.05) is 7.11 Å². The molecule has 0 radical (unpaired) electrons. The van der Waals surface area contributed by atoms with Crippen molar-refractivity contribution < 1.29 is 24.4 Å². The van der Waals surface area contributed by atoms with Crippen LogP contribution in [-0.4, -0.2) is 47.2 Å². The summed E-state index contributed by atoms with van der Waals surface area (Å²) in [6.45, 7) is 1.74. The molecule has 1 aliphatic rings. The van der Waals surface area contributed by atoms with Crippen molar-refractivity contribution in [3.05, 3.63) is 60.2 Å². The van der Waals surface area contributed by atoms with E-state index in [4.69, 9.17) is 14.2 Å². The highest BCUT2D eigenvalue weighted by Gasteiger charge is 2.44. The molecule has 0 aromatic heterocycles. The third-order valence-electron chi connectivity index (χ3n) is 4.38. The van der Waals surface area contributed by atoms with E-state index in [0.29, 0.717) is 11.5 Å². The van der Waals surface area contributed by atoms with Gasteiger partial charge in [0.15, 0.2) is 0 Å². The van der Waals surface area contributed by atoms with Gasteiger partial charge in [0.2, 0.25) is 6.29 Å². The van der Waals surface area contributed by atoms with E-state index in [2.05, 4.69) is 0 Å². The molecule has 0 saturated carbocycles. The van der Waals surface area contributed by atoms with Crippen LogP contribution >= 0.6 is 11.8 Å². The topological polar surface area (TPSA) is 68.2 Å². The number of hydrogen-bond acceptors (Lipinski definition) is 6. The van der Waals surface area contributed by atoms with Crippen molar-refractivity contribution in [3.8, 4) is 11.5 Å². The molecule has 0 amide bonds. The van der Waals surface area contributed by atoms with E-state index in [1.54, 1.807) is 14.0 Å². The quantitative estimate of drug-likeness (QED) is 0.808. The van der Waals surface area contributed by atoms with E-state index >= 15 is 0 Å². The highest BCUT2D eigenvalue weighted by atomic mass is 32.2. The summed E-state index contributed by atoms with van der Waals surface area (Å²) in [7, 11) is 1.63. The van der Waals surface area contributed by atoms with Crippen molar-refractivity contribution in [3.63, 3.8) is 0 Å². The molecule has 3 rings (SSSR count). The molecule has 1 aliphatic heterocycles. The zero-order valence-electron chi connectivity index (χ0n) is 14.8. The van der Waals surface area contributed by atoms with E-state index in [0.717, 1.165) is 11.3 Å². The normalized spacial score (nSPS) is 28.5. The number of methoxy groups -OCH3 is 1. The Bertz CT molecular complexity index is 678. The summed E-state index contributed by atoms with van der Waals surface area (Å²) < 4.78 is 17.0. The van der Waals surface area contributed by atoms with Gasteiger partial charge >= 0.3 is 0 Å². The molecule has 1 heterocycles. The maximum absolute atomic E-state index is 10.6. The first-order chi connectivity index (χ1) is 12.6. The molecule has 2 aromatic carbocycles. The minimum Gasteiger partial charge on any atom is -0.497 e. The Kier molecular flexibility index (Phi) is 6.43. The number of ether oxygens (including phenoxy) is 3. The van der Waals surface area contributed by atoms with Crippen molar-refractivity contribution in [2.24, 2.45) is 0 Å². The monoisotopic (exact) mass is 376 g/mol. The number of aliphatic hydroxyl groups excluding tert-OH is 2. The summed E-state index contributed by atoms with van der Waals surface area (Å²) in [5.41, 5.74) is 1.09. The Morgan fingerprint density at radius 2 is 1.65 bits per heavy atom. The second kappa shape index (κ2) is 8.77. The molecule has 5 nitrogen and oxygen atoms in total. The van der Waals surface area contributed by atoms with E-state index in [9.17, 15) is 10.2 Å². The van der Waals surface area contributed by atoms with Gasteiger partial charge in [-0.15, -0.1) is 11.8 Å². The van der Waals surface area contributed by atoms with Gasteiger partial charge in [-0.3, -0.25) is 0 Å². The summed E-state index contributed by atoms with van der Waals surface area (Å²) in [6.07, 6.45) is -3.03. The highest BCUT2D eigenvalue weighted by Crippen LogP contribution is 2.33. The zero-order valence-corrected chi connectivity index (χ0v) is 15.6. The summed E-state index contributed by atoms with van der Waals surface area (Å²) in [5, 5.41) is 20.4. The van der Waals surface area contributed by atoms with Crippen LogP contribution in [0.25, 0.3) is 0 Å². The lowest BCUT2D eigenvalue weighted by atomic mass is 10.0. The van der Waals surface area contributed by atoms with E-state index in [1.807, 2.05) is 54.6 Å². The predicted octanol–water partition coefficient (Wildman–Crippen LogP) is 2.84. The van der Waals surface area contributed by atoms with Crippen LogP contribution in [0.2, 0.25) is 0 Å². The fraction of sp³-hybridized carbons (Fsp3) is 0.400. The van der Waals surface area contributed by atoms with Crippen LogP contribution in [0.3, 0.4) is 0 Å². The molecule has 0 aliphatic carbocycles. The second-order valence-electron chi connectivity index (χ2n) is 6.25. The molecule has 5 atom stereocenters.